The highest BCUT2D eigenvalue weighted by Gasteiger charge is 2.56. The predicted molar refractivity (Wildman–Crippen MR) is 82.3 cm³/mol. The molecule has 6 heteroatoms. The number of halogens is 2. The van der Waals surface area contributed by atoms with Crippen molar-refractivity contribution in [3.8, 4) is 5.75 Å². The molecule has 0 saturated heterocycles. The highest BCUT2D eigenvalue weighted by molar-refractivity contribution is 6.32. The molecule has 0 heterocycles. The van der Waals surface area contributed by atoms with Crippen LogP contribution in [0.15, 0.2) is 18.2 Å². The molecule has 1 aromatic rings. The number of rotatable bonds is 3. The van der Waals surface area contributed by atoms with Crippen LogP contribution in [0.25, 0.3) is 0 Å². The minimum Gasteiger partial charge on any atom is -0.482 e. The maximum absolute atomic E-state index is 11.1. The molecular formula is C15H17Cl2NO3. The molecule has 1 aromatic carbocycles. The normalized spacial score (nSPS) is 27.1. The van der Waals surface area contributed by atoms with Gasteiger partial charge in [0.05, 0.1) is 9.95 Å². The molecule has 0 aromatic heterocycles. The van der Waals surface area contributed by atoms with E-state index in [0.717, 1.165) is 32.1 Å². The Labute approximate surface area is 133 Å². The molecule has 0 N–H and O–H groups in total. The molecule has 0 radical (unpaired) electrons. The van der Waals surface area contributed by atoms with Gasteiger partial charge in [0.25, 0.3) is 0 Å². The van der Waals surface area contributed by atoms with Crippen LogP contribution in [-0.2, 0) is 0 Å². The monoisotopic (exact) mass is 329 g/mol. The Morgan fingerprint density at radius 1 is 1.29 bits per heavy atom. The van der Waals surface area contributed by atoms with E-state index in [1.165, 1.54) is 12.5 Å². The summed E-state index contributed by atoms with van der Waals surface area (Å²) in [6.45, 7) is 0. The average molecular weight is 330 g/mol. The van der Waals surface area contributed by atoms with E-state index >= 15 is 0 Å². The first-order chi connectivity index (χ1) is 10.0. The van der Waals surface area contributed by atoms with Crippen molar-refractivity contribution in [3.63, 3.8) is 0 Å². The van der Waals surface area contributed by atoms with Crippen molar-refractivity contribution in [2.45, 2.75) is 50.0 Å². The lowest BCUT2D eigenvalue weighted by Crippen LogP contribution is -2.58. The van der Waals surface area contributed by atoms with Crippen molar-refractivity contribution in [2.24, 2.45) is 5.41 Å². The van der Waals surface area contributed by atoms with Crippen LogP contribution in [-0.4, -0.2) is 16.4 Å². The zero-order valence-electron chi connectivity index (χ0n) is 11.6. The van der Waals surface area contributed by atoms with E-state index in [-0.39, 0.29) is 33.4 Å². The molecule has 2 atom stereocenters. The molecule has 114 valence electrons. The van der Waals surface area contributed by atoms with Gasteiger partial charge < -0.3 is 4.74 Å². The van der Waals surface area contributed by atoms with Crippen molar-refractivity contribution < 1.29 is 9.66 Å². The Kier molecular flexibility index (Phi) is 4.02. The Bertz CT molecular complexity index is 558. The average Bonchev–Trinajstić information content (AvgIpc) is 2.49. The predicted octanol–water partition coefficient (Wildman–Crippen LogP) is 4.96. The van der Waals surface area contributed by atoms with E-state index in [0.29, 0.717) is 0 Å². The van der Waals surface area contributed by atoms with Crippen molar-refractivity contribution in [3.05, 3.63) is 33.3 Å². The summed E-state index contributed by atoms with van der Waals surface area (Å²) >= 11 is 12.5. The lowest BCUT2D eigenvalue weighted by Gasteiger charge is -2.54. The van der Waals surface area contributed by atoms with Crippen LogP contribution in [0.1, 0.15) is 38.5 Å². The Morgan fingerprint density at radius 2 is 2.00 bits per heavy atom. The van der Waals surface area contributed by atoms with E-state index in [1.807, 2.05) is 0 Å². The summed E-state index contributed by atoms with van der Waals surface area (Å²) in [5.74, 6) is 0.183. The number of nitro benzene ring substituents is 1. The standard InChI is InChI=1S/C15H17Cl2NO3/c16-10-5-4-6-11(18(19)20)14(10)21-13-9-12(17)15(13)7-2-1-3-8-15/h4-6,12-13H,1-3,7-9H2. The number of ether oxygens (including phenoxy) is 1. The van der Waals surface area contributed by atoms with E-state index in [9.17, 15) is 10.1 Å². The van der Waals surface area contributed by atoms with Crippen LogP contribution in [0.4, 0.5) is 5.69 Å². The highest BCUT2D eigenvalue weighted by Crippen LogP contribution is 2.56. The minimum atomic E-state index is -0.453. The van der Waals surface area contributed by atoms with Gasteiger partial charge in [-0.25, -0.2) is 0 Å². The first kappa shape index (κ1) is 14.9. The number of benzene rings is 1. The second-order valence-electron chi connectivity index (χ2n) is 5.95. The van der Waals surface area contributed by atoms with Crippen LogP contribution >= 0.6 is 23.2 Å². The van der Waals surface area contributed by atoms with Gasteiger partial charge in [-0.1, -0.05) is 36.9 Å². The van der Waals surface area contributed by atoms with Gasteiger partial charge in [0.1, 0.15) is 6.10 Å². The van der Waals surface area contributed by atoms with Crippen LogP contribution in [0.2, 0.25) is 5.02 Å². The number of nitrogens with zero attached hydrogens (tertiary/aromatic N) is 1. The van der Waals surface area contributed by atoms with E-state index < -0.39 is 4.92 Å². The molecule has 1 spiro atoms. The van der Waals surface area contributed by atoms with Crippen molar-refractivity contribution in [2.75, 3.05) is 0 Å². The van der Waals surface area contributed by atoms with Crippen LogP contribution in [0, 0.1) is 15.5 Å². The van der Waals surface area contributed by atoms with Crippen LogP contribution in [0.3, 0.4) is 0 Å². The Hall–Kier alpha value is -1.000. The lowest BCUT2D eigenvalue weighted by molar-refractivity contribution is -0.386. The van der Waals surface area contributed by atoms with Gasteiger partial charge >= 0.3 is 5.69 Å². The fourth-order valence-electron chi connectivity index (χ4n) is 3.61. The van der Waals surface area contributed by atoms with Crippen LogP contribution < -0.4 is 4.74 Å². The van der Waals surface area contributed by atoms with Gasteiger partial charge in [0.2, 0.25) is 5.75 Å². The summed E-state index contributed by atoms with van der Waals surface area (Å²) < 4.78 is 5.98. The topological polar surface area (TPSA) is 52.4 Å². The fraction of sp³-hybridized carbons (Fsp3) is 0.600. The van der Waals surface area contributed by atoms with Gasteiger partial charge in [0.15, 0.2) is 0 Å². The summed E-state index contributed by atoms with van der Waals surface area (Å²) in [6, 6.07) is 4.61. The fourth-order valence-corrected chi connectivity index (χ4v) is 4.34. The molecular weight excluding hydrogens is 313 g/mol. The maximum Gasteiger partial charge on any atom is 0.312 e. The van der Waals surface area contributed by atoms with E-state index in [1.54, 1.807) is 12.1 Å². The molecule has 0 amide bonds. The van der Waals surface area contributed by atoms with Crippen molar-refractivity contribution in [1.82, 2.24) is 0 Å². The van der Waals surface area contributed by atoms with Gasteiger partial charge in [-0.2, -0.15) is 0 Å². The third-order valence-electron chi connectivity index (χ3n) is 4.87. The van der Waals surface area contributed by atoms with E-state index in [2.05, 4.69) is 0 Å². The molecule has 2 fully saturated rings. The zero-order chi connectivity index (χ0) is 15.0. The molecule has 2 unspecified atom stereocenters. The minimum absolute atomic E-state index is 0.0349. The summed E-state index contributed by atoms with van der Waals surface area (Å²) in [7, 11) is 0. The second-order valence-corrected chi connectivity index (χ2v) is 6.88. The quantitative estimate of drug-likeness (QED) is 0.447. The lowest BCUT2D eigenvalue weighted by atomic mass is 9.58. The highest BCUT2D eigenvalue weighted by atomic mass is 35.5. The first-order valence-corrected chi connectivity index (χ1v) is 8.10. The molecule has 0 bridgehead atoms. The number of nitro groups is 1. The van der Waals surface area contributed by atoms with Crippen LogP contribution in [0.5, 0.6) is 5.75 Å². The summed E-state index contributed by atoms with van der Waals surface area (Å²) in [5, 5.41) is 11.5. The molecule has 4 nitrogen and oxygen atoms in total. The zero-order valence-corrected chi connectivity index (χ0v) is 13.1. The SMILES string of the molecule is O=[N+]([O-])c1cccc(Cl)c1OC1CC(Cl)C12CCCCC2. The maximum atomic E-state index is 11.1. The number of hydrogen-bond donors (Lipinski definition) is 0. The molecule has 0 aliphatic heterocycles. The van der Waals surface area contributed by atoms with Gasteiger partial charge in [-0.05, 0) is 18.9 Å². The third-order valence-corrected chi connectivity index (χ3v) is 5.78. The van der Waals surface area contributed by atoms with E-state index in [4.69, 9.17) is 27.9 Å². The Morgan fingerprint density at radius 3 is 2.62 bits per heavy atom. The van der Waals surface area contributed by atoms with Gasteiger partial charge in [-0.3, -0.25) is 10.1 Å². The number of para-hydroxylation sites is 1. The molecule has 21 heavy (non-hydrogen) atoms. The first-order valence-electron chi connectivity index (χ1n) is 7.28. The third kappa shape index (κ3) is 2.49. The molecule has 2 aliphatic rings. The smallest absolute Gasteiger partial charge is 0.312 e. The van der Waals surface area contributed by atoms with Gasteiger partial charge in [0, 0.05) is 23.3 Å². The largest absolute Gasteiger partial charge is 0.482 e. The summed E-state index contributed by atoms with van der Waals surface area (Å²) in [6.07, 6.45) is 6.24. The summed E-state index contributed by atoms with van der Waals surface area (Å²) in [5.41, 5.74) is -0.112. The molecule has 2 saturated carbocycles. The second kappa shape index (κ2) is 5.65. The van der Waals surface area contributed by atoms with Crippen molar-refractivity contribution in [1.29, 1.82) is 0 Å². The van der Waals surface area contributed by atoms with Crippen molar-refractivity contribution >= 4 is 28.9 Å². The Balaban J connectivity index is 1.86. The number of alkyl halides is 1. The molecule has 3 rings (SSSR count). The van der Waals surface area contributed by atoms with Gasteiger partial charge in [-0.15, -0.1) is 11.6 Å². The summed E-state index contributed by atoms with van der Waals surface area (Å²) in [4.78, 5) is 10.7. The number of hydrogen-bond acceptors (Lipinski definition) is 3. The molecule has 2 aliphatic carbocycles.